The lowest BCUT2D eigenvalue weighted by Crippen LogP contribution is -2.36. The normalized spacial score (nSPS) is 15.9. The van der Waals surface area contributed by atoms with Crippen LogP contribution in [-0.4, -0.2) is 49.8 Å². The maximum atomic E-state index is 13.2. The highest BCUT2D eigenvalue weighted by Gasteiger charge is 2.24. The van der Waals surface area contributed by atoms with Crippen molar-refractivity contribution in [2.75, 3.05) is 32.8 Å². The van der Waals surface area contributed by atoms with Crippen molar-refractivity contribution in [3.8, 4) is 0 Å². The number of nitrogens with zero attached hydrogens (tertiary/aromatic N) is 1. The van der Waals surface area contributed by atoms with Crippen molar-refractivity contribution in [2.24, 2.45) is 5.92 Å². The zero-order valence-electron chi connectivity index (χ0n) is 30.3. The van der Waals surface area contributed by atoms with Gasteiger partial charge in [0.2, 0.25) is 0 Å². The van der Waals surface area contributed by atoms with Crippen molar-refractivity contribution in [3.05, 3.63) is 36.5 Å². The summed E-state index contributed by atoms with van der Waals surface area (Å²) in [6, 6.07) is 0. The van der Waals surface area contributed by atoms with E-state index in [4.69, 9.17) is 9.47 Å². The number of ether oxygens (including phenoxy) is 2. The summed E-state index contributed by atoms with van der Waals surface area (Å²) in [6.45, 7) is 11.6. The fourth-order valence-electron chi connectivity index (χ4n) is 6.24. The molecule has 1 fully saturated rings. The third-order valence-corrected chi connectivity index (χ3v) is 9.19. The SMILES string of the molecule is CCCCCC=CCCCC(CCC/C=C\CCCCC)C(CCC/C=C\CCCCC)OC(=O)CCCCN1CCOCC1. The second-order valence-electron chi connectivity index (χ2n) is 13.4. The molecule has 2 atom stereocenters. The Kier molecular flexibility index (Phi) is 30.1. The third kappa shape index (κ3) is 26.4. The van der Waals surface area contributed by atoms with Gasteiger partial charge in [0, 0.05) is 19.5 Å². The van der Waals surface area contributed by atoms with E-state index in [9.17, 15) is 4.79 Å². The predicted octanol–water partition coefficient (Wildman–Crippen LogP) is 11.9. The standard InChI is InChI=1S/C41H75NO3/c1-4-7-10-13-16-19-22-25-30-39(31-26-23-20-17-14-11-8-5-2)40(32-27-24-21-18-15-12-9-6-3)45-41(43)33-28-29-34-42-35-37-44-38-36-42/h16-21,39-40H,4-15,22-38H2,1-3H3/b19-16-,20-17?,21-18-. The summed E-state index contributed by atoms with van der Waals surface area (Å²) >= 11 is 0. The van der Waals surface area contributed by atoms with Gasteiger partial charge in [-0.05, 0) is 122 Å². The van der Waals surface area contributed by atoms with E-state index in [0.29, 0.717) is 12.3 Å². The Bertz CT molecular complexity index is 698. The van der Waals surface area contributed by atoms with Crippen molar-refractivity contribution >= 4 is 5.97 Å². The molecule has 2 unspecified atom stereocenters. The van der Waals surface area contributed by atoms with Crippen molar-refractivity contribution in [1.29, 1.82) is 0 Å². The van der Waals surface area contributed by atoms with Crippen LogP contribution in [0.2, 0.25) is 0 Å². The number of allylic oxidation sites excluding steroid dienone is 6. The molecule has 0 aromatic heterocycles. The molecule has 1 heterocycles. The van der Waals surface area contributed by atoms with Crippen LogP contribution >= 0.6 is 0 Å². The molecule has 262 valence electrons. The molecule has 0 aromatic carbocycles. The molecular weight excluding hydrogens is 554 g/mol. The Morgan fingerprint density at radius 1 is 0.600 bits per heavy atom. The first-order valence-electron chi connectivity index (χ1n) is 19.7. The fourth-order valence-corrected chi connectivity index (χ4v) is 6.24. The number of hydrogen-bond donors (Lipinski definition) is 0. The number of carbonyl (C=O) groups is 1. The summed E-state index contributed by atoms with van der Waals surface area (Å²) in [5.41, 5.74) is 0. The molecule has 0 aromatic rings. The summed E-state index contributed by atoms with van der Waals surface area (Å²) in [5.74, 6) is 0.478. The molecule has 1 rings (SSSR count). The minimum absolute atomic E-state index is 0.0220. The Hall–Kier alpha value is -1.39. The van der Waals surface area contributed by atoms with Gasteiger partial charge in [0.05, 0.1) is 13.2 Å². The summed E-state index contributed by atoms with van der Waals surface area (Å²) in [4.78, 5) is 15.6. The van der Waals surface area contributed by atoms with Gasteiger partial charge < -0.3 is 9.47 Å². The Labute approximate surface area is 280 Å². The second-order valence-corrected chi connectivity index (χ2v) is 13.4. The van der Waals surface area contributed by atoms with E-state index in [1.807, 2.05) is 0 Å². The van der Waals surface area contributed by atoms with Crippen molar-refractivity contribution in [1.82, 2.24) is 4.90 Å². The van der Waals surface area contributed by atoms with Crippen LogP contribution in [0.3, 0.4) is 0 Å². The molecule has 0 spiro atoms. The molecule has 1 saturated heterocycles. The van der Waals surface area contributed by atoms with Gasteiger partial charge >= 0.3 is 5.97 Å². The van der Waals surface area contributed by atoms with E-state index >= 15 is 0 Å². The van der Waals surface area contributed by atoms with E-state index in [-0.39, 0.29) is 12.1 Å². The smallest absolute Gasteiger partial charge is 0.306 e. The summed E-state index contributed by atoms with van der Waals surface area (Å²) in [7, 11) is 0. The monoisotopic (exact) mass is 630 g/mol. The van der Waals surface area contributed by atoms with Crippen LogP contribution in [0.25, 0.3) is 0 Å². The van der Waals surface area contributed by atoms with E-state index in [1.54, 1.807) is 0 Å². The van der Waals surface area contributed by atoms with Crippen LogP contribution in [0.5, 0.6) is 0 Å². The Balaban J connectivity index is 2.71. The largest absolute Gasteiger partial charge is 0.462 e. The molecule has 4 nitrogen and oxygen atoms in total. The van der Waals surface area contributed by atoms with E-state index < -0.39 is 0 Å². The number of unbranched alkanes of at least 4 members (excludes halogenated alkanes) is 13. The van der Waals surface area contributed by atoms with Crippen LogP contribution in [-0.2, 0) is 14.3 Å². The number of rotatable bonds is 31. The molecule has 0 amide bonds. The van der Waals surface area contributed by atoms with Gasteiger partial charge in [-0.15, -0.1) is 0 Å². The maximum absolute atomic E-state index is 13.2. The lowest BCUT2D eigenvalue weighted by atomic mass is 9.87. The van der Waals surface area contributed by atoms with Crippen LogP contribution in [0.15, 0.2) is 36.5 Å². The topological polar surface area (TPSA) is 38.8 Å². The van der Waals surface area contributed by atoms with Crippen LogP contribution in [0.1, 0.15) is 175 Å². The van der Waals surface area contributed by atoms with E-state index in [0.717, 1.165) is 90.6 Å². The Morgan fingerprint density at radius 3 is 1.51 bits per heavy atom. The predicted molar refractivity (Wildman–Crippen MR) is 196 cm³/mol. The molecule has 45 heavy (non-hydrogen) atoms. The van der Waals surface area contributed by atoms with Gasteiger partial charge in [0.25, 0.3) is 0 Å². The maximum Gasteiger partial charge on any atom is 0.306 e. The quantitative estimate of drug-likeness (QED) is 0.0434. The Morgan fingerprint density at radius 2 is 1.04 bits per heavy atom. The van der Waals surface area contributed by atoms with Gasteiger partial charge in [-0.3, -0.25) is 9.69 Å². The first kappa shape index (κ1) is 41.6. The van der Waals surface area contributed by atoms with Crippen LogP contribution in [0.4, 0.5) is 0 Å². The zero-order chi connectivity index (χ0) is 32.5. The fraction of sp³-hybridized carbons (Fsp3) is 0.829. The first-order chi connectivity index (χ1) is 22.2. The molecule has 0 radical (unpaired) electrons. The summed E-state index contributed by atoms with van der Waals surface area (Å²) in [5, 5.41) is 0. The second kappa shape index (κ2) is 32.5. The zero-order valence-corrected chi connectivity index (χ0v) is 30.3. The molecule has 1 aliphatic heterocycles. The lowest BCUT2D eigenvalue weighted by molar-refractivity contribution is -0.153. The van der Waals surface area contributed by atoms with Gasteiger partial charge in [-0.1, -0.05) is 95.8 Å². The number of esters is 1. The molecule has 0 aliphatic carbocycles. The minimum Gasteiger partial charge on any atom is -0.462 e. The third-order valence-electron chi connectivity index (χ3n) is 9.19. The molecule has 4 heteroatoms. The van der Waals surface area contributed by atoms with Crippen molar-refractivity contribution in [2.45, 2.75) is 181 Å². The average molecular weight is 630 g/mol. The minimum atomic E-state index is 0.0220. The van der Waals surface area contributed by atoms with E-state index in [1.165, 1.54) is 89.9 Å². The van der Waals surface area contributed by atoms with Crippen LogP contribution in [0, 0.1) is 5.92 Å². The lowest BCUT2D eigenvalue weighted by Gasteiger charge is -2.28. The van der Waals surface area contributed by atoms with Crippen molar-refractivity contribution in [3.63, 3.8) is 0 Å². The number of carbonyl (C=O) groups excluding carboxylic acids is 1. The summed E-state index contributed by atoms with van der Waals surface area (Å²) in [6.07, 6.45) is 42.3. The average Bonchev–Trinajstić information content (AvgIpc) is 3.05. The van der Waals surface area contributed by atoms with Gasteiger partial charge in [-0.25, -0.2) is 0 Å². The van der Waals surface area contributed by atoms with E-state index in [2.05, 4.69) is 62.1 Å². The number of morpholine rings is 1. The van der Waals surface area contributed by atoms with Gasteiger partial charge in [-0.2, -0.15) is 0 Å². The van der Waals surface area contributed by atoms with Crippen LogP contribution < -0.4 is 0 Å². The molecular formula is C41H75NO3. The molecule has 0 N–H and O–H groups in total. The molecule has 0 saturated carbocycles. The highest BCUT2D eigenvalue weighted by Crippen LogP contribution is 2.27. The highest BCUT2D eigenvalue weighted by atomic mass is 16.5. The highest BCUT2D eigenvalue weighted by molar-refractivity contribution is 5.69. The molecule has 0 bridgehead atoms. The van der Waals surface area contributed by atoms with Gasteiger partial charge in [0.1, 0.15) is 6.10 Å². The molecule has 1 aliphatic rings. The first-order valence-corrected chi connectivity index (χ1v) is 19.7. The van der Waals surface area contributed by atoms with Crippen molar-refractivity contribution < 1.29 is 14.3 Å². The number of hydrogen-bond acceptors (Lipinski definition) is 4. The van der Waals surface area contributed by atoms with Gasteiger partial charge in [0.15, 0.2) is 0 Å². The summed E-state index contributed by atoms with van der Waals surface area (Å²) < 4.78 is 11.9.